The number of aromatic amines is 1. The van der Waals surface area contributed by atoms with E-state index in [2.05, 4.69) is 34.0 Å². The van der Waals surface area contributed by atoms with Crippen LogP contribution in [0.25, 0.3) is 10.9 Å². The van der Waals surface area contributed by atoms with Crippen molar-refractivity contribution >= 4 is 28.3 Å². The SMILES string of the molecule is CC1(C)CCCN(CC(=O)Nc2c(C(=O)C3CC3)[nH]c3ccncc23)C1. The molecule has 0 unspecified atom stereocenters. The van der Waals surface area contributed by atoms with E-state index in [1.165, 1.54) is 6.42 Å². The number of pyridine rings is 1. The van der Waals surface area contributed by atoms with E-state index in [4.69, 9.17) is 0 Å². The summed E-state index contributed by atoms with van der Waals surface area (Å²) in [5.41, 5.74) is 2.18. The fourth-order valence-corrected chi connectivity index (χ4v) is 3.96. The number of hydrogen-bond acceptors (Lipinski definition) is 4. The first-order valence-electron chi connectivity index (χ1n) is 9.45. The van der Waals surface area contributed by atoms with Gasteiger partial charge in [-0.2, -0.15) is 0 Å². The Labute approximate surface area is 153 Å². The molecule has 0 bridgehead atoms. The number of carbonyl (C=O) groups excluding carboxylic acids is 2. The van der Waals surface area contributed by atoms with Crippen LogP contribution in [-0.4, -0.2) is 46.2 Å². The van der Waals surface area contributed by atoms with Crippen LogP contribution in [0.1, 0.15) is 50.0 Å². The van der Waals surface area contributed by atoms with Gasteiger partial charge in [0.1, 0.15) is 5.69 Å². The van der Waals surface area contributed by atoms with Crippen LogP contribution >= 0.6 is 0 Å². The molecule has 2 aliphatic rings. The molecule has 2 aromatic rings. The van der Waals surface area contributed by atoms with Crippen molar-refractivity contribution < 1.29 is 9.59 Å². The van der Waals surface area contributed by atoms with Crippen LogP contribution in [0.5, 0.6) is 0 Å². The highest BCUT2D eigenvalue weighted by molar-refractivity contribution is 6.14. The number of amides is 1. The quantitative estimate of drug-likeness (QED) is 0.808. The Balaban J connectivity index is 1.55. The third-order valence-electron chi connectivity index (χ3n) is 5.41. The van der Waals surface area contributed by atoms with Crippen molar-refractivity contribution in [2.45, 2.75) is 39.5 Å². The average Bonchev–Trinajstić information content (AvgIpc) is 3.37. The van der Waals surface area contributed by atoms with E-state index in [-0.39, 0.29) is 23.0 Å². The number of carbonyl (C=O) groups is 2. The number of nitrogens with one attached hydrogen (secondary N) is 2. The summed E-state index contributed by atoms with van der Waals surface area (Å²) in [6, 6.07) is 1.84. The Morgan fingerprint density at radius 3 is 2.92 bits per heavy atom. The normalized spacial score (nSPS) is 20.2. The number of likely N-dealkylation sites (tertiary alicyclic amines) is 1. The van der Waals surface area contributed by atoms with Crippen molar-refractivity contribution in [1.29, 1.82) is 0 Å². The number of Topliss-reactive ketones (excluding diaryl/α,β-unsaturated/α-hetero) is 1. The zero-order valence-corrected chi connectivity index (χ0v) is 15.5. The van der Waals surface area contributed by atoms with Crippen LogP contribution in [0.15, 0.2) is 18.5 Å². The molecule has 2 N–H and O–H groups in total. The summed E-state index contributed by atoms with van der Waals surface area (Å²) in [5, 5.41) is 3.79. The van der Waals surface area contributed by atoms with E-state index in [1.807, 2.05) is 6.07 Å². The van der Waals surface area contributed by atoms with E-state index in [1.54, 1.807) is 12.4 Å². The fraction of sp³-hybridized carbons (Fsp3) is 0.550. The second-order valence-corrected chi connectivity index (χ2v) is 8.46. The van der Waals surface area contributed by atoms with Crippen LogP contribution in [-0.2, 0) is 4.79 Å². The first kappa shape index (κ1) is 17.2. The van der Waals surface area contributed by atoms with Gasteiger partial charge in [0.15, 0.2) is 5.78 Å². The molecule has 0 spiro atoms. The van der Waals surface area contributed by atoms with Gasteiger partial charge < -0.3 is 10.3 Å². The number of anilines is 1. The monoisotopic (exact) mass is 354 g/mol. The number of rotatable bonds is 5. The molecule has 2 fully saturated rings. The largest absolute Gasteiger partial charge is 0.350 e. The maximum Gasteiger partial charge on any atom is 0.238 e. The molecule has 1 saturated carbocycles. The van der Waals surface area contributed by atoms with Gasteiger partial charge in [-0.15, -0.1) is 0 Å². The summed E-state index contributed by atoms with van der Waals surface area (Å²) in [4.78, 5) is 34.9. The molecule has 6 heteroatoms. The Kier molecular flexibility index (Phi) is 4.31. The first-order valence-corrected chi connectivity index (χ1v) is 9.45. The minimum atomic E-state index is -0.0719. The third kappa shape index (κ3) is 3.51. The number of hydrogen-bond donors (Lipinski definition) is 2. The van der Waals surface area contributed by atoms with E-state index >= 15 is 0 Å². The summed E-state index contributed by atoms with van der Waals surface area (Å²) in [5.74, 6) is 0.113. The van der Waals surface area contributed by atoms with Crippen molar-refractivity contribution in [3.63, 3.8) is 0 Å². The van der Waals surface area contributed by atoms with Gasteiger partial charge >= 0.3 is 0 Å². The van der Waals surface area contributed by atoms with Gasteiger partial charge in [-0.3, -0.25) is 19.5 Å². The number of aromatic nitrogens is 2. The maximum absolute atomic E-state index is 12.7. The lowest BCUT2D eigenvalue weighted by atomic mass is 9.84. The highest BCUT2D eigenvalue weighted by Crippen LogP contribution is 2.37. The van der Waals surface area contributed by atoms with E-state index in [9.17, 15) is 9.59 Å². The zero-order valence-electron chi connectivity index (χ0n) is 15.5. The Hall–Kier alpha value is -2.21. The molecule has 2 aromatic heterocycles. The summed E-state index contributed by atoms with van der Waals surface area (Å²) in [6.45, 7) is 6.71. The summed E-state index contributed by atoms with van der Waals surface area (Å²) < 4.78 is 0. The molecule has 138 valence electrons. The molecular formula is C20H26N4O2. The van der Waals surface area contributed by atoms with E-state index in [0.29, 0.717) is 17.9 Å². The van der Waals surface area contributed by atoms with E-state index in [0.717, 1.165) is 43.3 Å². The standard InChI is InChI=1S/C20H26N4O2/c1-20(2)7-3-9-24(12-20)11-16(25)23-17-14-10-21-8-6-15(14)22-18(17)19(26)13-4-5-13/h6,8,10,13,22H,3-5,7,9,11-12H2,1-2H3,(H,23,25). The molecule has 0 aromatic carbocycles. The van der Waals surface area contributed by atoms with Gasteiger partial charge in [0.05, 0.1) is 17.7 Å². The molecule has 3 heterocycles. The molecule has 0 radical (unpaired) electrons. The minimum absolute atomic E-state index is 0.0719. The van der Waals surface area contributed by atoms with Gasteiger partial charge in [-0.05, 0) is 43.7 Å². The Bertz CT molecular complexity index is 851. The molecule has 0 atom stereocenters. The Morgan fingerprint density at radius 1 is 1.38 bits per heavy atom. The highest BCUT2D eigenvalue weighted by Gasteiger charge is 2.34. The molecule has 1 aliphatic carbocycles. The Morgan fingerprint density at radius 2 is 2.19 bits per heavy atom. The van der Waals surface area contributed by atoms with Crippen LogP contribution in [0.2, 0.25) is 0 Å². The number of nitrogens with zero attached hydrogens (tertiary/aromatic N) is 2. The lowest BCUT2D eigenvalue weighted by Gasteiger charge is -2.37. The van der Waals surface area contributed by atoms with Crippen LogP contribution < -0.4 is 5.32 Å². The van der Waals surface area contributed by atoms with Crippen molar-refractivity contribution in [2.24, 2.45) is 11.3 Å². The lowest BCUT2D eigenvalue weighted by Crippen LogP contribution is -2.43. The van der Waals surface area contributed by atoms with Crippen LogP contribution in [0.3, 0.4) is 0 Å². The van der Waals surface area contributed by atoms with Crippen molar-refractivity contribution in [3.05, 3.63) is 24.2 Å². The van der Waals surface area contributed by atoms with E-state index < -0.39 is 0 Å². The molecule has 1 amide bonds. The van der Waals surface area contributed by atoms with Crippen molar-refractivity contribution in [1.82, 2.24) is 14.9 Å². The lowest BCUT2D eigenvalue weighted by molar-refractivity contribution is -0.118. The fourth-order valence-electron chi connectivity index (χ4n) is 3.96. The zero-order chi connectivity index (χ0) is 18.3. The molecule has 4 rings (SSSR count). The van der Waals surface area contributed by atoms with Gasteiger partial charge in [0, 0.05) is 30.2 Å². The predicted octanol–water partition coefficient (Wildman–Crippen LogP) is 3.22. The molecular weight excluding hydrogens is 328 g/mol. The predicted molar refractivity (Wildman–Crippen MR) is 101 cm³/mol. The number of ketones is 1. The van der Waals surface area contributed by atoms with Gasteiger partial charge in [0.25, 0.3) is 0 Å². The highest BCUT2D eigenvalue weighted by atomic mass is 16.2. The van der Waals surface area contributed by atoms with Crippen molar-refractivity contribution in [3.8, 4) is 0 Å². The number of H-pyrrole nitrogens is 1. The van der Waals surface area contributed by atoms with Crippen LogP contribution in [0, 0.1) is 11.3 Å². The summed E-state index contributed by atoms with van der Waals surface area (Å²) in [6.07, 6.45) is 7.56. The van der Waals surface area contributed by atoms with Gasteiger partial charge in [-0.25, -0.2) is 0 Å². The maximum atomic E-state index is 12.7. The topological polar surface area (TPSA) is 78.1 Å². The second kappa shape index (κ2) is 6.50. The van der Waals surface area contributed by atoms with Crippen molar-refractivity contribution in [2.75, 3.05) is 25.0 Å². The smallest absolute Gasteiger partial charge is 0.238 e. The average molecular weight is 354 g/mol. The number of fused-ring (bicyclic) bond motifs is 1. The minimum Gasteiger partial charge on any atom is -0.350 e. The summed E-state index contributed by atoms with van der Waals surface area (Å²) >= 11 is 0. The van der Waals surface area contributed by atoms with Crippen LogP contribution in [0.4, 0.5) is 5.69 Å². The summed E-state index contributed by atoms with van der Waals surface area (Å²) in [7, 11) is 0. The molecule has 26 heavy (non-hydrogen) atoms. The third-order valence-corrected chi connectivity index (χ3v) is 5.41. The second-order valence-electron chi connectivity index (χ2n) is 8.46. The molecule has 1 saturated heterocycles. The van der Waals surface area contributed by atoms with Gasteiger partial charge in [-0.1, -0.05) is 13.8 Å². The first-order chi connectivity index (χ1) is 12.4. The molecule has 6 nitrogen and oxygen atoms in total. The number of piperidine rings is 1. The molecule has 1 aliphatic heterocycles. The van der Waals surface area contributed by atoms with Gasteiger partial charge in [0.2, 0.25) is 5.91 Å².